The van der Waals surface area contributed by atoms with Crippen LogP contribution in [-0.4, -0.2) is 34.0 Å². The van der Waals surface area contributed by atoms with Crippen molar-refractivity contribution in [2.75, 3.05) is 13.1 Å². The van der Waals surface area contributed by atoms with Crippen LogP contribution in [0.25, 0.3) is 27.0 Å². The van der Waals surface area contributed by atoms with Crippen LogP contribution in [0.5, 0.6) is 0 Å². The number of benzene rings is 3. The predicted molar refractivity (Wildman–Crippen MR) is 155 cm³/mol. The summed E-state index contributed by atoms with van der Waals surface area (Å²) in [6.45, 7) is 10.2. The molecule has 0 bridgehead atoms. The zero-order valence-electron chi connectivity index (χ0n) is 22.0. The largest absolute Gasteiger partial charge is 0.341 e. The predicted octanol–water partition coefficient (Wildman–Crippen LogP) is 8.06. The van der Waals surface area contributed by atoms with Gasteiger partial charge in [0.25, 0.3) is 0 Å². The fourth-order valence-electron chi connectivity index (χ4n) is 6.43. The summed E-state index contributed by atoms with van der Waals surface area (Å²) in [5.41, 5.74) is 5.39. The summed E-state index contributed by atoms with van der Waals surface area (Å²) in [7, 11) is 0. The zero-order valence-corrected chi connectivity index (χ0v) is 22.7. The lowest BCUT2D eigenvalue weighted by Crippen LogP contribution is -2.43. The third kappa shape index (κ3) is 5.72. The van der Waals surface area contributed by atoms with E-state index >= 15 is 0 Å². The first-order valence-electron chi connectivity index (χ1n) is 14.0. The van der Waals surface area contributed by atoms with Crippen LogP contribution < -0.4 is 5.32 Å². The first-order valence-corrected chi connectivity index (χ1v) is 14.3. The molecule has 4 aromatic rings. The Labute approximate surface area is 234 Å². The molecule has 6 rings (SSSR count). The highest BCUT2D eigenvalue weighted by Crippen LogP contribution is 2.35. The second-order valence-electron chi connectivity index (χ2n) is 10.9. The van der Waals surface area contributed by atoms with Gasteiger partial charge in [0.15, 0.2) is 5.69 Å². The Morgan fingerprint density at radius 3 is 2.54 bits per heavy atom. The van der Waals surface area contributed by atoms with Crippen molar-refractivity contribution < 1.29 is 4.39 Å². The van der Waals surface area contributed by atoms with Crippen LogP contribution in [0.15, 0.2) is 60.7 Å². The molecule has 1 saturated heterocycles. The smallest absolute Gasteiger partial charge is 0.187 e. The summed E-state index contributed by atoms with van der Waals surface area (Å²) in [6.07, 6.45) is 7.74. The molecule has 0 amide bonds. The molecule has 0 spiro atoms. The number of likely N-dealkylation sites (tertiary alicyclic amines) is 1. The molecule has 39 heavy (non-hydrogen) atoms. The summed E-state index contributed by atoms with van der Waals surface area (Å²) >= 11 is 5.98. The van der Waals surface area contributed by atoms with Crippen LogP contribution in [0.2, 0.25) is 5.02 Å². The Balaban J connectivity index is 1.22. The molecule has 1 aliphatic heterocycles. The lowest BCUT2D eigenvalue weighted by atomic mass is 9.84. The molecule has 1 atom stereocenters. The zero-order chi connectivity index (χ0) is 26.8. The summed E-state index contributed by atoms with van der Waals surface area (Å²) in [5.74, 6) is 0.837. The van der Waals surface area contributed by atoms with Crippen molar-refractivity contribution in [2.24, 2.45) is 5.92 Å². The molecular formula is C32H33ClFN5. The van der Waals surface area contributed by atoms with Gasteiger partial charge in [0, 0.05) is 18.2 Å². The Morgan fingerprint density at radius 2 is 1.79 bits per heavy atom. The van der Waals surface area contributed by atoms with E-state index in [9.17, 15) is 4.39 Å². The van der Waals surface area contributed by atoms with Gasteiger partial charge in [0.2, 0.25) is 0 Å². The number of H-pyrrole nitrogens is 1. The number of halogens is 2. The van der Waals surface area contributed by atoms with Crippen molar-refractivity contribution in [3.8, 4) is 11.1 Å². The van der Waals surface area contributed by atoms with Crippen molar-refractivity contribution in [3.63, 3.8) is 0 Å². The third-order valence-corrected chi connectivity index (χ3v) is 8.82. The number of nitrogens with zero attached hydrogens (tertiary/aromatic N) is 3. The quantitative estimate of drug-likeness (QED) is 0.233. The highest BCUT2D eigenvalue weighted by molar-refractivity contribution is 6.31. The molecule has 2 N–H and O–H groups in total. The van der Waals surface area contributed by atoms with Crippen molar-refractivity contribution in [2.45, 2.75) is 57.2 Å². The fourth-order valence-corrected chi connectivity index (χ4v) is 6.59. The molecule has 1 saturated carbocycles. The van der Waals surface area contributed by atoms with E-state index in [2.05, 4.69) is 55.4 Å². The van der Waals surface area contributed by atoms with Crippen LogP contribution in [0, 0.1) is 18.3 Å². The fraction of sp³-hybridized carbons (Fsp3) is 0.375. The SMILES string of the molecule is [C-]#[N+]c1cccc(-c2ccc(C(NCc3nc4cc(Cl)c(F)cc4[nH]3)C3CCN(C4CCCC4)CC3)cc2)c1. The molecule has 0 radical (unpaired) electrons. The second kappa shape index (κ2) is 11.5. The number of aromatic nitrogens is 2. The molecule has 1 unspecified atom stereocenters. The first kappa shape index (κ1) is 26.0. The van der Waals surface area contributed by atoms with Crippen molar-refractivity contribution in [1.82, 2.24) is 20.2 Å². The average Bonchev–Trinajstić information content (AvgIpc) is 3.65. The van der Waals surface area contributed by atoms with Gasteiger partial charge in [-0.25, -0.2) is 14.2 Å². The molecule has 2 heterocycles. The van der Waals surface area contributed by atoms with E-state index in [0.717, 1.165) is 48.9 Å². The lowest BCUT2D eigenvalue weighted by Gasteiger charge is -2.39. The molecule has 5 nitrogen and oxygen atoms in total. The maximum Gasteiger partial charge on any atom is 0.187 e. The summed E-state index contributed by atoms with van der Waals surface area (Å²) in [5, 5.41) is 3.88. The number of nitrogens with one attached hydrogen (secondary N) is 2. The monoisotopic (exact) mass is 541 g/mol. The Kier molecular flexibility index (Phi) is 7.65. The minimum Gasteiger partial charge on any atom is -0.341 e. The second-order valence-corrected chi connectivity index (χ2v) is 11.3. The van der Waals surface area contributed by atoms with Gasteiger partial charge in [0.05, 0.1) is 29.2 Å². The van der Waals surface area contributed by atoms with Gasteiger partial charge in [0.1, 0.15) is 11.6 Å². The lowest BCUT2D eigenvalue weighted by molar-refractivity contribution is 0.117. The maximum absolute atomic E-state index is 14.0. The van der Waals surface area contributed by atoms with Crippen LogP contribution in [-0.2, 0) is 6.54 Å². The molecule has 2 aliphatic rings. The van der Waals surface area contributed by atoms with Gasteiger partial charge in [-0.15, -0.1) is 0 Å². The van der Waals surface area contributed by atoms with Crippen molar-refractivity contribution in [1.29, 1.82) is 0 Å². The topological polar surface area (TPSA) is 48.3 Å². The number of imidazole rings is 1. The van der Waals surface area contributed by atoms with Crippen LogP contribution in [0.4, 0.5) is 10.1 Å². The van der Waals surface area contributed by atoms with E-state index < -0.39 is 5.82 Å². The van der Waals surface area contributed by atoms with E-state index in [1.54, 1.807) is 6.07 Å². The van der Waals surface area contributed by atoms with Crippen molar-refractivity contribution in [3.05, 3.63) is 94.3 Å². The van der Waals surface area contributed by atoms with Crippen LogP contribution in [0.1, 0.15) is 56.0 Å². The standard InChI is InChI=1S/C32H33ClFN5/c1-35-25-6-4-5-24(17-25)21-9-11-22(12-10-21)32(23-13-15-39(16-14-23)26-7-2-3-8-26)36-20-31-37-29-18-27(33)28(34)19-30(29)38-31/h4-6,9-12,17-19,23,26,32,36H,2-3,7-8,13-16,20H2,(H,37,38). The van der Waals surface area contributed by atoms with Gasteiger partial charge in [-0.1, -0.05) is 66.9 Å². The van der Waals surface area contributed by atoms with E-state index in [1.807, 2.05) is 18.2 Å². The van der Waals surface area contributed by atoms with Gasteiger partial charge in [-0.3, -0.25) is 0 Å². The van der Waals surface area contributed by atoms with Gasteiger partial charge in [-0.2, -0.15) is 0 Å². The molecule has 200 valence electrons. The summed E-state index contributed by atoms with van der Waals surface area (Å²) in [4.78, 5) is 14.2. The Hall–Kier alpha value is -3.24. The number of hydrogen-bond donors (Lipinski definition) is 2. The molecule has 1 aliphatic carbocycles. The average molecular weight is 542 g/mol. The van der Waals surface area contributed by atoms with Crippen LogP contribution in [0.3, 0.4) is 0 Å². The van der Waals surface area contributed by atoms with Gasteiger partial charge >= 0.3 is 0 Å². The normalized spacial score (nSPS) is 18.0. The number of hydrogen-bond acceptors (Lipinski definition) is 3. The molecular weight excluding hydrogens is 509 g/mol. The summed E-state index contributed by atoms with van der Waals surface area (Å²) < 4.78 is 14.0. The minimum absolute atomic E-state index is 0.0856. The number of aromatic amines is 1. The molecule has 1 aromatic heterocycles. The Morgan fingerprint density at radius 1 is 1.03 bits per heavy atom. The molecule has 3 aromatic carbocycles. The highest BCUT2D eigenvalue weighted by Gasteiger charge is 2.31. The van der Waals surface area contributed by atoms with E-state index in [1.165, 1.54) is 37.3 Å². The van der Waals surface area contributed by atoms with E-state index in [4.69, 9.17) is 18.2 Å². The Bertz CT molecular complexity index is 1440. The van der Waals surface area contributed by atoms with Crippen molar-refractivity contribution >= 4 is 28.3 Å². The maximum atomic E-state index is 14.0. The van der Waals surface area contributed by atoms with E-state index in [0.29, 0.717) is 29.2 Å². The summed E-state index contributed by atoms with van der Waals surface area (Å²) in [6, 6.07) is 20.4. The molecule has 2 fully saturated rings. The number of fused-ring (bicyclic) bond motifs is 1. The van der Waals surface area contributed by atoms with Crippen LogP contribution >= 0.6 is 11.6 Å². The third-order valence-electron chi connectivity index (χ3n) is 8.53. The first-order chi connectivity index (χ1) is 19.1. The molecule has 7 heteroatoms. The number of piperidine rings is 1. The van der Waals surface area contributed by atoms with E-state index in [-0.39, 0.29) is 11.1 Å². The van der Waals surface area contributed by atoms with Gasteiger partial charge < -0.3 is 15.2 Å². The highest BCUT2D eigenvalue weighted by atomic mass is 35.5. The minimum atomic E-state index is -0.443. The number of rotatable bonds is 7. The van der Waals surface area contributed by atoms with Gasteiger partial charge in [-0.05, 0) is 73.5 Å².